The lowest BCUT2D eigenvalue weighted by Gasteiger charge is -2.34. The summed E-state index contributed by atoms with van der Waals surface area (Å²) in [5.74, 6) is 1.26. The van der Waals surface area contributed by atoms with Crippen molar-refractivity contribution >= 4 is 29.1 Å². The third-order valence-electron chi connectivity index (χ3n) is 7.48. The summed E-state index contributed by atoms with van der Waals surface area (Å²) >= 11 is 12.7. The van der Waals surface area contributed by atoms with E-state index in [9.17, 15) is 4.79 Å². The van der Waals surface area contributed by atoms with E-state index in [1.165, 1.54) is 24.0 Å². The highest BCUT2D eigenvalue weighted by Crippen LogP contribution is 2.37. The quantitative estimate of drug-likeness (QED) is 0.394. The van der Waals surface area contributed by atoms with Gasteiger partial charge in [0.1, 0.15) is 0 Å². The molecule has 3 nitrogen and oxygen atoms in total. The van der Waals surface area contributed by atoms with Crippen LogP contribution in [0, 0.1) is 5.92 Å². The van der Waals surface area contributed by atoms with Gasteiger partial charge >= 0.3 is 0 Å². The summed E-state index contributed by atoms with van der Waals surface area (Å²) in [7, 11) is 0. The molecule has 2 fully saturated rings. The van der Waals surface area contributed by atoms with Gasteiger partial charge in [-0.25, -0.2) is 0 Å². The Morgan fingerprint density at radius 1 is 0.765 bits per heavy atom. The van der Waals surface area contributed by atoms with E-state index in [1.54, 1.807) is 18.2 Å². The van der Waals surface area contributed by atoms with Crippen LogP contribution in [0.3, 0.4) is 0 Å². The average Bonchev–Trinajstić information content (AvgIpc) is 3.29. The largest absolute Gasteiger partial charge is 0.338 e. The van der Waals surface area contributed by atoms with Crippen molar-refractivity contribution in [3.05, 3.63) is 106 Å². The van der Waals surface area contributed by atoms with Crippen LogP contribution >= 0.6 is 23.2 Å². The van der Waals surface area contributed by atoms with E-state index in [0.717, 1.165) is 26.2 Å². The Balaban J connectivity index is 1.30. The molecule has 2 aliphatic rings. The van der Waals surface area contributed by atoms with Gasteiger partial charge in [0.15, 0.2) is 0 Å². The second kappa shape index (κ2) is 10.5. The Morgan fingerprint density at radius 2 is 1.35 bits per heavy atom. The molecule has 34 heavy (non-hydrogen) atoms. The monoisotopic (exact) mass is 492 g/mol. The molecule has 0 aromatic heterocycles. The van der Waals surface area contributed by atoms with E-state index in [1.807, 2.05) is 11.0 Å². The molecule has 0 radical (unpaired) electrons. The molecule has 2 saturated heterocycles. The fraction of sp³-hybridized carbons (Fsp3) is 0.345. The number of halogens is 2. The second-order valence-corrected chi connectivity index (χ2v) is 10.4. The number of piperidine rings is 1. The van der Waals surface area contributed by atoms with Crippen molar-refractivity contribution in [2.24, 2.45) is 5.92 Å². The molecule has 0 unspecified atom stereocenters. The van der Waals surface area contributed by atoms with Crippen LogP contribution in [0.1, 0.15) is 46.2 Å². The van der Waals surface area contributed by atoms with Crippen LogP contribution in [-0.4, -0.2) is 48.4 Å². The third-order valence-corrected chi connectivity index (χ3v) is 8.11. The molecule has 0 bridgehead atoms. The van der Waals surface area contributed by atoms with Gasteiger partial charge in [0.2, 0.25) is 0 Å². The molecule has 3 aromatic rings. The minimum Gasteiger partial charge on any atom is -0.338 e. The highest BCUT2D eigenvalue weighted by Gasteiger charge is 2.38. The molecule has 0 aliphatic carbocycles. The van der Waals surface area contributed by atoms with Gasteiger partial charge < -0.3 is 9.80 Å². The molecule has 176 valence electrons. The van der Waals surface area contributed by atoms with Gasteiger partial charge in [-0.05, 0) is 61.0 Å². The molecule has 0 spiro atoms. The topological polar surface area (TPSA) is 23.6 Å². The van der Waals surface area contributed by atoms with E-state index >= 15 is 0 Å². The summed E-state index contributed by atoms with van der Waals surface area (Å²) in [4.78, 5) is 18.0. The zero-order valence-electron chi connectivity index (χ0n) is 19.2. The number of carbonyl (C=O) groups is 1. The predicted molar refractivity (Wildman–Crippen MR) is 140 cm³/mol. The SMILES string of the molecule is O=C(c1c(Cl)cccc1Cl)N1C[C@H](CN2CCC(c3ccccc3)CC2)[C@@H](c2ccccc2)C1. The highest BCUT2D eigenvalue weighted by atomic mass is 35.5. The number of nitrogens with zero attached hydrogens (tertiary/aromatic N) is 2. The predicted octanol–water partition coefficient (Wildman–Crippen LogP) is 6.73. The van der Waals surface area contributed by atoms with Gasteiger partial charge in [-0.15, -0.1) is 0 Å². The van der Waals surface area contributed by atoms with Gasteiger partial charge in [-0.1, -0.05) is 89.9 Å². The summed E-state index contributed by atoms with van der Waals surface area (Å²) < 4.78 is 0. The Bertz CT molecular complexity index is 1090. The standard InChI is InChI=1S/C29H30Cl2N2O/c30-26-12-7-13-27(31)28(26)29(34)33-19-24(25(20-33)23-10-5-2-6-11-23)18-32-16-14-22(15-17-32)21-8-3-1-4-9-21/h1-13,22,24-25H,14-20H2/t24-,25+/m0/s1. The Morgan fingerprint density at radius 3 is 1.97 bits per heavy atom. The first-order chi connectivity index (χ1) is 16.6. The van der Waals surface area contributed by atoms with Crippen LogP contribution in [0.25, 0.3) is 0 Å². The molecule has 5 rings (SSSR count). The fourth-order valence-corrected chi connectivity index (χ4v) is 6.23. The van der Waals surface area contributed by atoms with Gasteiger partial charge in [-0.2, -0.15) is 0 Å². The van der Waals surface area contributed by atoms with Gasteiger partial charge in [0, 0.05) is 25.6 Å². The second-order valence-electron chi connectivity index (χ2n) is 9.57. The van der Waals surface area contributed by atoms with Crippen molar-refractivity contribution in [2.75, 3.05) is 32.7 Å². The Labute approximate surface area is 212 Å². The minimum atomic E-state index is -0.0678. The van der Waals surface area contributed by atoms with Crippen LogP contribution in [-0.2, 0) is 0 Å². The van der Waals surface area contributed by atoms with Crippen LogP contribution < -0.4 is 0 Å². The summed E-state index contributed by atoms with van der Waals surface area (Å²) in [5.41, 5.74) is 3.17. The van der Waals surface area contributed by atoms with Crippen molar-refractivity contribution in [3.8, 4) is 0 Å². The summed E-state index contributed by atoms with van der Waals surface area (Å²) in [5, 5.41) is 0.834. The number of likely N-dealkylation sites (tertiary alicyclic amines) is 2. The molecular formula is C29H30Cl2N2O. The molecule has 0 N–H and O–H groups in total. The molecule has 2 aliphatic heterocycles. The summed E-state index contributed by atoms with van der Waals surface area (Å²) in [6.45, 7) is 4.61. The Kier molecular flexibility index (Phi) is 7.24. The van der Waals surface area contributed by atoms with Crippen molar-refractivity contribution in [1.29, 1.82) is 0 Å². The first kappa shape index (κ1) is 23.4. The smallest absolute Gasteiger partial charge is 0.256 e. The van der Waals surface area contributed by atoms with Crippen LogP contribution in [0.2, 0.25) is 10.0 Å². The zero-order chi connectivity index (χ0) is 23.5. The van der Waals surface area contributed by atoms with Gasteiger partial charge in [-0.3, -0.25) is 4.79 Å². The molecule has 0 saturated carbocycles. The van der Waals surface area contributed by atoms with Crippen LogP contribution in [0.15, 0.2) is 78.9 Å². The number of hydrogen-bond donors (Lipinski definition) is 0. The van der Waals surface area contributed by atoms with Crippen molar-refractivity contribution in [2.45, 2.75) is 24.7 Å². The maximum atomic E-state index is 13.4. The lowest BCUT2D eigenvalue weighted by atomic mass is 9.86. The average molecular weight is 493 g/mol. The molecule has 1 amide bonds. The van der Waals surface area contributed by atoms with Gasteiger partial charge in [0.25, 0.3) is 5.91 Å². The maximum Gasteiger partial charge on any atom is 0.256 e. The van der Waals surface area contributed by atoms with Crippen molar-refractivity contribution in [3.63, 3.8) is 0 Å². The molecule has 3 aromatic carbocycles. The van der Waals surface area contributed by atoms with Crippen molar-refractivity contribution < 1.29 is 4.79 Å². The summed E-state index contributed by atoms with van der Waals surface area (Å²) in [6.07, 6.45) is 2.37. The number of hydrogen-bond acceptors (Lipinski definition) is 2. The van der Waals surface area contributed by atoms with E-state index in [2.05, 4.69) is 59.5 Å². The number of carbonyl (C=O) groups excluding carboxylic acids is 1. The highest BCUT2D eigenvalue weighted by molar-refractivity contribution is 6.39. The molecule has 5 heteroatoms. The van der Waals surface area contributed by atoms with E-state index in [-0.39, 0.29) is 5.91 Å². The maximum absolute atomic E-state index is 13.4. The lowest BCUT2D eigenvalue weighted by molar-refractivity contribution is 0.0781. The van der Waals surface area contributed by atoms with Gasteiger partial charge in [0.05, 0.1) is 15.6 Å². The normalized spacial score (nSPS) is 21.6. The van der Waals surface area contributed by atoms with Crippen LogP contribution in [0.4, 0.5) is 0 Å². The van der Waals surface area contributed by atoms with E-state index in [4.69, 9.17) is 23.2 Å². The van der Waals surface area contributed by atoms with Crippen LogP contribution in [0.5, 0.6) is 0 Å². The Hall–Kier alpha value is -2.33. The van der Waals surface area contributed by atoms with Crippen molar-refractivity contribution in [1.82, 2.24) is 9.80 Å². The van der Waals surface area contributed by atoms with E-state index in [0.29, 0.717) is 39.9 Å². The molecule has 2 heterocycles. The molecular weight excluding hydrogens is 463 g/mol. The minimum absolute atomic E-state index is 0.0678. The molecule has 2 atom stereocenters. The van der Waals surface area contributed by atoms with E-state index < -0.39 is 0 Å². The lowest BCUT2D eigenvalue weighted by Crippen LogP contribution is -2.38. The number of benzene rings is 3. The third kappa shape index (κ3) is 5.02. The first-order valence-electron chi connectivity index (χ1n) is 12.2. The zero-order valence-corrected chi connectivity index (χ0v) is 20.8. The fourth-order valence-electron chi connectivity index (χ4n) is 5.67. The summed E-state index contributed by atoms with van der Waals surface area (Å²) in [6, 6.07) is 26.7. The number of amides is 1. The number of rotatable bonds is 5. The first-order valence-corrected chi connectivity index (χ1v) is 12.9.